The summed E-state index contributed by atoms with van der Waals surface area (Å²) in [6, 6.07) is 33.7. The van der Waals surface area contributed by atoms with E-state index in [4.69, 9.17) is 4.74 Å². The van der Waals surface area contributed by atoms with Gasteiger partial charge >= 0.3 is 0 Å². The Hall–Kier alpha value is -1.47. The smallest absolute Gasteiger partial charge is 0.117 e. The molecule has 3 heteroatoms. The first kappa shape index (κ1) is 22.2. The van der Waals surface area contributed by atoms with Crippen LogP contribution in [0.2, 0.25) is 0 Å². The molecule has 0 bridgehead atoms. The van der Waals surface area contributed by atoms with Crippen molar-refractivity contribution in [3.8, 4) is 0 Å². The quantitative estimate of drug-likeness (QED) is 0.504. The summed E-state index contributed by atoms with van der Waals surface area (Å²) >= 11 is 0. The van der Waals surface area contributed by atoms with Crippen molar-refractivity contribution in [3.63, 3.8) is 0 Å². The molecule has 1 fully saturated rings. The monoisotopic (exact) mass is 468 g/mol. The first-order valence-electron chi connectivity index (χ1n) is 10.5. The fourth-order valence-electron chi connectivity index (χ4n) is 4.87. The van der Waals surface area contributed by atoms with Crippen molar-refractivity contribution in [1.82, 2.24) is 0 Å². The van der Waals surface area contributed by atoms with E-state index < -0.39 is 7.26 Å². The minimum Gasteiger partial charge on any atom is -1.00 e. The van der Waals surface area contributed by atoms with Crippen LogP contribution in [0.5, 0.6) is 0 Å². The summed E-state index contributed by atoms with van der Waals surface area (Å²) in [4.78, 5) is 0. The molecular formula is C26H30BrOP. The van der Waals surface area contributed by atoms with Gasteiger partial charge in [0.25, 0.3) is 0 Å². The summed E-state index contributed by atoms with van der Waals surface area (Å²) in [5.74, 6) is 0. The molecule has 1 heterocycles. The highest BCUT2D eigenvalue weighted by Gasteiger charge is 2.54. The summed E-state index contributed by atoms with van der Waals surface area (Å²) in [5.41, 5.74) is 0.486. The molecule has 1 saturated heterocycles. The van der Waals surface area contributed by atoms with E-state index in [1.165, 1.54) is 35.2 Å². The van der Waals surface area contributed by atoms with Crippen LogP contribution < -0.4 is 32.9 Å². The number of benzene rings is 3. The number of ether oxygens (including phenoxy) is 1. The van der Waals surface area contributed by atoms with E-state index >= 15 is 0 Å². The number of hydrogen-bond acceptors (Lipinski definition) is 1. The largest absolute Gasteiger partial charge is 1.00 e. The molecule has 29 heavy (non-hydrogen) atoms. The van der Waals surface area contributed by atoms with E-state index in [0.717, 1.165) is 13.0 Å². The maximum atomic E-state index is 6.43. The van der Waals surface area contributed by atoms with Crippen molar-refractivity contribution in [3.05, 3.63) is 91.0 Å². The second-order valence-corrected chi connectivity index (χ2v) is 11.3. The third kappa shape index (κ3) is 4.36. The third-order valence-electron chi connectivity index (χ3n) is 6.05. The minimum absolute atomic E-state index is 0. The molecule has 0 saturated carbocycles. The van der Waals surface area contributed by atoms with Gasteiger partial charge in [0, 0.05) is 6.61 Å². The Balaban J connectivity index is 0.00000240. The van der Waals surface area contributed by atoms with Crippen molar-refractivity contribution in [2.75, 3.05) is 6.61 Å². The van der Waals surface area contributed by atoms with Crippen LogP contribution in [0.1, 0.15) is 32.6 Å². The Morgan fingerprint density at radius 2 is 1.21 bits per heavy atom. The van der Waals surface area contributed by atoms with Gasteiger partial charge in [-0.1, -0.05) is 61.5 Å². The fourth-order valence-corrected chi connectivity index (χ4v) is 10.1. The highest BCUT2D eigenvalue weighted by molar-refractivity contribution is 7.96. The lowest BCUT2D eigenvalue weighted by Crippen LogP contribution is -3.00. The van der Waals surface area contributed by atoms with E-state index in [9.17, 15) is 0 Å². The molecule has 2 atom stereocenters. The van der Waals surface area contributed by atoms with Gasteiger partial charge in [-0.15, -0.1) is 0 Å². The normalized spacial score (nSPS) is 17.9. The molecule has 3 aromatic carbocycles. The zero-order valence-corrected chi connectivity index (χ0v) is 19.6. The lowest BCUT2D eigenvalue weighted by molar-refractivity contribution is -0.0000144. The van der Waals surface area contributed by atoms with Crippen LogP contribution in [0.4, 0.5) is 0 Å². The fraction of sp³-hybridized carbons (Fsp3) is 0.308. The predicted molar refractivity (Wildman–Crippen MR) is 123 cm³/mol. The van der Waals surface area contributed by atoms with Gasteiger partial charge in [0.2, 0.25) is 0 Å². The van der Waals surface area contributed by atoms with Crippen LogP contribution in [-0.2, 0) is 4.74 Å². The van der Waals surface area contributed by atoms with Crippen LogP contribution in [0.3, 0.4) is 0 Å². The van der Waals surface area contributed by atoms with Crippen LogP contribution in [0.15, 0.2) is 91.0 Å². The van der Waals surface area contributed by atoms with Gasteiger partial charge in [-0.2, -0.15) is 0 Å². The van der Waals surface area contributed by atoms with Crippen molar-refractivity contribution in [1.29, 1.82) is 0 Å². The predicted octanol–water partition coefficient (Wildman–Crippen LogP) is 2.33. The highest BCUT2D eigenvalue weighted by atomic mass is 79.9. The maximum absolute atomic E-state index is 6.43. The lowest BCUT2D eigenvalue weighted by atomic mass is 10.0. The van der Waals surface area contributed by atoms with Crippen LogP contribution in [0.25, 0.3) is 0 Å². The molecule has 152 valence electrons. The molecule has 0 aromatic heterocycles. The van der Waals surface area contributed by atoms with Gasteiger partial charge in [0.15, 0.2) is 0 Å². The van der Waals surface area contributed by atoms with E-state index in [2.05, 4.69) is 97.9 Å². The van der Waals surface area contributed by atoms with Gasteiger partial charge in [-0.25, -0.2) is 0 Å². The molecule has 0 radical (unpaired) electrons. The SMILES string of the molecule is CCC(C1CCCCO1)[P+](c1ccccc1)(c1ccccc1)c1ccccc1.[Br-]. The topological polar surface area (TPSA) is 9.23 Å². The van der Waals surface area contributed by atoms with Crippen molar-refractivity contribution >= 4 is 23.2 Å². The molecule has 0 spiro atoms. The summed E-state index contributed by atoms with van der Waals surface area (Å²) in [5, 5.41) is 4.40. The maximum Gasteiger partial charge on any atom is 0.117 e. The standard InChI is InChI=1S/C26H30OP.BrH/c1-2-26(25-20-12-13-21-27-25)28(22-14-6-3-7-15-22,23-16-8-4-9-17-23)24-18-10-5-11-19-24;/h3-11,14-19,25-26H,2,12-13,20-21H2,1H3;1H/q+1;/p-1. The molecule has 1 aliphatic heterocycles. The highest BCUT2D eigenvalue weighted by Crippen LogP contribution is 2.62. The molecule has 2 unspecified atom stereocenters. The Morgan fingerprint density at radius 3 is 1.55 bits per heavy atom. The average Bonchev–Trinajstić information content (AvgIpc) is 2.80. The molecule has 0 N–H and O–H groups in total. The molecule has 4 rings (SSSR count). The zero-order valence-electron chi connectivity index (χ0n) is 17.1. The first-order chi connectivity index (χ1) is 13.9. The molecule has 3 aromatic rings. The van der Waals surface area contributed by atoms with Crippen molar-refractivity contribution in [2.45, 2.75) is 44.4 Å². The van der Waals surface area contributed by atoms with E-state index in [1.54, 1.807) is 0 Å². The number of halogens is 1. The van der Waals surface area contributed by atoms with E-state index in [0.29, 0.717) is 11.8 Å². The van der Waals surface area contributed by atoms with Crippen LogP contribution in [-0.4, -0.2) is 18.4 Å². The van der Waals surface area contributed by atoms with Crippen LogP contribution in [0, 0.1) is 0 Å². The molecular weight excluding hydrogens is 439 g/mol. The van der Waals surface area contributed by atoms with Crippen molar-refractivity contribution in [2.24, 2.45) is 0 Å². The number of hydrogen-bond donors (Lipinski definition) is 0. The third-order valence-corrected chi connectivity index (χ3v) is 11.1. The average molecular weight is 469 g/mol. The van der Waals surface area contributed by atoms with E-state index in [-0.39, 0.29) is 17.0 Å². The lowest BCUT2D eigenvalue weighted by Gasteiger charge is -2.39. The van der Waals surface area contributed by atoms with Gasteiger partial charge in [0.1, 0.15) is 28.8 Å². The molecule has 0 aliphatic carbocycles. The van der Waals surface area contributed by atoms with Gasteiger partial charge in [-0.3, -0.25) is 0 Å². The Morgan fingerprint density at radius 1 is 0.759 bits per heavy atom. The number of rotatable bonds is 6. The second-order valence-electron chi connectivity index (χ2n) is 7.61. The Bertz CT molecular complexity index is 751. The minimum atomic E-state index is -1.86. The van der Waals surface area contributed by atoms with E-state index in [1.807, 2.05) is 0 Å². The summed E-state index contributed by atoms with van der Waals surface area (Å²) < 4.78 is 6.43. The summed E-state index contributed by atoms with van der Waals surface area (Å²) in [7, 11) is -1.86. The Kier molecular flexibility index (Phi) is 8.07. The first-order valence-corrected chi connectivity index (χ1v) is 12.4. The molecule has 1 aliphatic rings. The van der Waals surface area contributed by atoms with Crippen LogP contribution >= 0.6 is 7.26 Å². The van der Waals surface area contributed by atoms with Gasteiger partial charge in [-0.05, 0) is 62.1 Å². The van der Waals surface area contributed by atoms with Gasteiger partial charge < -0.3 is 21.7 Å². The second kappa shape index (κ2) is 10.5. The van der Waals surface area contributed by atoms with Crippen molar-refractivity contribution < 1.29 is 21.7 Å². The zero-order chi connectivity index (χ0) is 19.2. The summed E-state index contributed by atoms with van der Waals surface area (Å²) in [6.45, 7) is 3.26. The van der Waals surface area contributed by atoms with Gasteiger partial charge in [0.05, 0.1) is 6.10 Å². The molecule has 0 amide bonds. The summed E-state index contributed by atoms with van der Waals surface area (Å²) in [6.07, 6.45) is 5.09. The molecule has 1 nitrogen and oxygen atoms in total. The Labute approximate surface area is 186 Å².